The van der Waals surface area contributed by atoms with Crippen molar-refractivity contribution in [2.75, 3.05) is 0 Å². The summed E-state index contributed by atoms with van der Waals surface area (Å²) in [5.74, 6) is 0.991. The van der Waals surface area contributed by atoms with Gasteiger partial charge in [-0.1, -0.05) is 95.7 Å². The van der Waals surface area contributed by atoms with E-state index < -0.39 is 0 Å². The van der Waals surface area contributed by atoms with Crippen LogP contribution >= 0.6 is 47.0 Å². The molecular weight excluding hydrogens is 320 g/mol. The Labute approximate surface area is 136 Å². The molecule has 0 radical (unpaired) electrons. The van der Waals surface area contributed by atoms with Crippen LogP contribution in [0.3, 0.4) is 0 Å². The molecule has 0 saturated carbocycles. The summed E-state index contributed by atoms with van der Waals surface area (Å²) in [4.78, 5) is 2.91. The lowest BCUT2D eigenvalue weighted by molar-refractivity contribution is 1.08. The lowest BCUT2D eigenvalue weighted by atomic mass is 10.2. The highest BCUT2D eigenvalue weighted by molar-refractivity contribution is 8.33. The van der Waals surface area contributed by atoms with Crippen LogP contribution < -0.4 is 0 Å². The summed E-state index contributed by atoms with van der Waals surface area (Å²) in [5.41, 5.74) is 0. The predicted octanol–water partition coefficient (Wildman–Crippen LogP) is 6.24. The molecule has 0 spiro atoms. The molecule has 0 unspecified atom stereocenters. The Morgan fingerprint density at radius 3 is 1.40 bits per heavy atom. The Bertz CT molecular complexity index is 563. The van der Waals surface area contributed by atoms with E-state index in [9.17, 15) is 0 Å². The van der Waals surface area contributed by atoms with Crippen LogP contribution in [0.1, 0.15) is 0 Å². The van der Waals surface area contributed by atoms with Gasteiger partial charge in [0, 0.05) is 21.6 Å². The third-order valence-corrected chi connectivity index (χ3v) is 8.81. The second-order valence-corrected chi connectivity index (χ2v) is 9.09. The van der Waals surface area contributed by atoms with Crippen molar-refractivity contribution in [2.45, 2.75) is 0 Å². The van der Waals surface area contributed by atoms with Crippen molar-refractivity contribution in [1.82, 2.24) is 0 Å². The smallest absolute Gasteiger partial charge is 0.0697 e. The molecule has 2 aliphatic heterocycles. The Morgan fingerprint density at radius 2 is 1.00 bits per heavy atom. The van der Waals surface area contributed by atoms with E-state index in [-0.39, 0.29) is 0 Å². The quantitative estimate of drug-likeness (QED) is 0.586. The Balaban J connectivity index is 1.45. The molecule has 4 heteroatoms. The second-order valence-electron chi connectivity index (χ2n) is 4.65. The van der Waals surface area contributed by atoms with E-state index >= 15 is 0 Å². The summed E-state index contributed by atoms with van der Waals surface area (Å²) in [7, 11) is 0. The molecule has 0 nitrogen and oxygen atoms in total. The zero-order valence-corrected chi connectivity index (χ0v) is 13.8. The highest BCUT2D eigenvalue weighted by Gasteiger charge is 2.26. The van der Waals surface area contributed by atoms with Crippen molar-refractivity contribution in [3.8, 4) is 0 Å². The zero-order valence-electron chi connectivity index (χ0n) is 10.6. The highest BCUT2D eigenvalue weighted by atomic mass is 32.2. The Kier molecular flexibility index (Phi) is 3.82. The van der Waals surface area contributed by atoms with E-state index in [1.165, 1.54) is 18.3 Å². The molecule has 100 valence electrons. The molecule has 2 heterocycles. The Morgan fingerprint density at radius 1 is 0.600 bits per heavy atom. The van der Waals surface area contributed by atoms with Crippen LogP contribution in [0.4, 0.5) is 0 Å². The van der Waals surface area contributed by atoms with E-state index in [0.717, 1.165) is 0 Å². The molecular formula is C16H12S4. The first-order chi connectivity index (χ1) is 9.90. The number of rotatable bonds is 2. The number of thioether (sulfide) groups is 4. The summed E-state index contributed by atoms with van der Waals surface area (Å²) in [6.45, 7) is 0. The number of hydrogen-bond acceptors (Lipinski definition) is 4. The van der Waals surface area contributed by atoms with Crippen molar-refractivity contribution < 1.29 is 0 Å². The summed E-state index contributed by atoms with van der Waals surface area (Å²) in [6.07, 6.45) is 17.6. The lowest BCUT2D eigenvalue weighted by Crippen LogP contribution is -1.88. The van der Waals surface area contributed by atoms with Gasteiger partial charge in [0.1, 0.15) is 0 Å². The molecule has 0 saturated heterocycles. The van der Waals surface area contributed by atoms with Crippen LogP contribution in [-0.4, -0.2) is 0 Å². The Hall–Kier alpha value is -0.420. The second kappa shape index (κ2) is 5.76. The zero-order chi connectivity index (χ0) is 13.4. The molecule has 0 amide bonds. The molecule has 0 aromatic heterocycles. The first kappa shape index (κ1) is 13.3. The van der Waals surface area contributed by atoms with Gasteiger partial charge in [0.2, 0.25) is 0 Å². The largest absolute Gasteiger partial charge is 0.0881 e. The maximum Gasteiger partial charge on any atom is 0.0697 e. The topological polar surface area (TPSA) is 0 Å². The van der Waals surface area contributed by atoms with Crippen LogP contribution in [-0.2, 0) is 0 Å². The average molecular weight is 333 g/mol. The third kappa shape index (κ3) is 2.54. The summed E-state index contributed by atoms with van der Waals surface area (Å²) >= 11 is 7.64. The summed E-state index contributed by atoms with van der Waals surface area (Å²) in [6, 6.07) is 0. The minimum Gasteiger partial charge on any atom is -0.0881 e. The molecule has 0 N–H and O–H groups in total. The van der Waals surface area contributed by atoms with Crippen LogP contribution in [0.25, 0.3) is 0 Å². The van der Waals surface area contributed by atoms with Crippen LogP contribution in [0.5, 0.6) is 0 Å². The predicted molar refractivity (Wildman–Crippen MR) is 97.1 cm³/mol. The SMILES string of the molecule is C1=CC(C2=CS/C(=C3/SC=C(C4C=CC=C4)S3)S2)C=C1. The molecule has 4 rings (SSSR count). The van der Waals surface area contributed by atoms with Gasteiger partial charge in [-0.25, -0.2) is 0 Å². The van der Waals surface area contributed by atoms with E-state index in [1.807, 2.05) is 47.0 Å². The van der Waals surface area contributed by atoms with E-state index in [4.69, 9.17) is 0 Å². The fraction of sp³-hybridized carbons (Fsp3) is 0.125. The van der Waals surface area contributed by atoms with Gasteiger partial charge >= 0.3 is 0 Å². The normalized spacial score (nSPS) is 29.0. The summed E-state index contributed by atoms with van der Waals surface area (Å²) < 4.78 is 2.89. The van der Waals surface area contributed by atoms with Crippen LogP contribution in [0, 0.1) is 11.8 Å². The number of hydrogen-bond donors (Lipinski definition) is 0. The fourth-order valence-electron chi connectivity index (χ4n) is 2.25. The van der Waals surface area contributed by atoms with Gasteiger partial charge in [0.05, 0.1) is 8.47 Å². The standard InChI is InChI=1S/C16H12S4/c1-2-6-11(5-1)13-9-17-15(19-13)16-18-10-14(20-16)12-7-3-4-8-12/h1-12H/b16-15+. The molecule has 0 fully saturated rings. The molecule has 4 aliphatic rings. The third-order valence-electron chi connectivity index (χ3n) is 3.31. The van der Waals surface area contributed by atoms with Crippen molar-refractivity contribution >= 4 is 47.0 Å². The number of allylic oxidation sites excluding steroid dienone is 10. The van der Waals surface area contributed by atoms with Crippen LogP contribution in [0.15, 0.2) is 77.7 Å². The van der Waals surface area contributed by atoms with Gasteiger partial charge in [0.25, 0.3) is 0 Å². The molecule has 0 aromatic rings. The van der Waals surface area contributed by atoms with Crippen molar-refractivity contribution in [3.63, 3.8) is 0 Å². The first-order valence-corrected chi connectivity index (χ1v) is 9.83. The fourth-order valence-corrected chi connectivity index (χ4v) is 7.39. The van der Waals surface area contributed by atoms with E-state index in [0.29, 0.717) is 11.8 Å². The summed E-state index contributed by atoms with van der Waals surface area (Å²) in [5, 5.41) is 4.62. The minimum atomic E-state index is 0.495. The van der Waals surface area contributed by atoms with Gasteiger partial charge < -0.3 is 0 Å². The van der Waals surface area contributed by atoms with Crippen molar-refractivity contribution in [3.05, 3.63) is 77.7 Å². The maximum atomic E-state index is 2.31. The van der Waals surface area contributed by atoms with Gasteiger partial charge in [0.15, 0.2) is 0 Å². The molecule has 2 aliphatic carbocycles. The van der Waals surface area contributed by atoms with Gasteiger partial charge in [-0.05, 0) is 10.8 Å². The molecule has 0 bridgehead atoms. The first-order valence-electron chi connectivity index (χ1n) is 6.43. The monoisotopic (exact) mass is 332 g/mol. The average Bonchev–Trinajstić information content (AvgIpc) is 3.22. The minimum absolute atomic E-state index is 0.495. The molecule has 20 heavy (non-hydrogen) atoms. The molecule has 0 atom stereocenters. The maximum absolute atomic E-state index is 2.31. The van der Waals surface area contributed by atoms with Gasteiger partial charge in [-0.2, -0.15) is 0 Å². The van der Waals surface area contributed by atoms with Gasteiger partial charge in [-0.3, -0.25) is 0 Å². The van der Waals surface area contributed by atoms with Gasteiger partial charge in [-0.15, -0.1) is 0 Å². The van der Waals surface area contributed by atoms with E-state index in [1.54, 1.807) is 0 Å². The lowest BCUT2D eigenvalue weighted by Gasteiger charge is -2.08. The highest BCUT2D eigenvalue weighted by Crippen LogP contribution is 2.58. The van der Waals surface area contributed by atoms with Crippen LogP contribution in [0.2, 0.25) is 0 Å². The van der Waals surface area contributed by atoms with Crippen molar-refractivity contribution in [1.29, 1.82) is 0 Å². The van der Waals surface area contributed by atoms with E-state index in [2.05, 4.69) is 59.4 Å². The molecule has 0 aromatic carbocycles. The van der Waals surface area contributed by atoms with Crippen molar-refractivity contribution in [2.24, 2.45) is 11.8 Å².